The summed E-state index contributed by atoms with van der Waals surface area (Å²) in [4.78, 5) is 4.65. The highest BCUT2D eigenvalue weighted by atomic mass is 19.1. The predicted molar refractivity (Wildman–Crippen MR) is 97.6 cm³/mol. The van der Waals surface area contributed by atoms with E-state index in [0.29, 0.717) is 17.9 Å². The average Bonchev–Trinajstić information content (AvgIpc) is 3.37. The van der Waals surface area contributed by atoms with Gasteiger partial charge in [-0.05, 0) is 35.2 Å². The Morgan fingerprint density at radius 3 is 2.63 bits per heavy atom. The molecule has 0 N–H and O–H groups in total. The van der Waals surface area contributed by atoms with Crippen LogP contribution in [0.25, 0.3) is 0 Å². The topological polar surface area (TPSA) is 63.2 Å². The van der Waals surface area contributed by atoms with E-state index >= 15 is 0 Å². The van der Waals surface area contributed by atoms with Crippen molar-refractivity contribution in [1.29, 1.82) is 0 Å². The standard InChI is InChI=1S/C19H23FN6O/c1-2-24-9-11-25(12-10-24)18(16-7-3-4-8-17(16)20)19-21-22-23-26(19)14-15-6-5-13-27-15/h3-8,13,18H,2,9-12,14H2,1H3/t18-/m1/s1. The molecule has 1 saturated heterocycles. The van der Waals surface area contributed by atoms with Crippen molar-refractivity contribution in [1.82, 2.24) is 30.0 Å². The minimum Gasteiger partial charge on any atom is -0.467 e. The second-order valence-corrected chi connectivity index (χ2v) is 6.67. The Balaban J connectivity index is 1.69. The molecule has 3 heterocycles. The second-order valence-electron chi connectivity index (χ2n) is 6.67. The Hall–Kier alpha value is -2.58. The number of hydrogen-bond donors (Lipinski definition) is 0. The lowest BCUT2D eigenvalue weighted by atomic mass is 10.0. The lowest BCUT2D eigenvalue weighted by Gasteiger charge is -2.38. The Morgan fingerprint density at radius 2 is 1.93 bits per heavy atom. The lowest BCUT2D eigenvalue weighted by Crippen LogP contribution is -2.48. The molecule has 1 aliphatic heterocycles. The molecule has 2 aromatic heterocycles. The van der Waals surface area contributed by atoms with E-state index in [-0.39, 0.29) is 11.9 Å². The van der Waals surface area contributed by atoms with Gasteiger partial charge in [-0.1, -0.05) is 25.1 Å². The number of tetrazole rings is 1. The molecule has 0 bridgehead atoms. The van der Waals surface area contributed by atoms with Gasteiger partial charge >= 0.3 is 0 Å². The first-order valence-electron chi connectivity index (χ1n) is 9.25. The first kappa shape index (κ1) is 17.8. The summed E-state index contributed by atoms with van der Waals surface area (Å²) in [6.07, 6.45) is 1.62. The van der Waals surface area contributed by atoms with Crippen molar-refractivity contribution < 1.29 is 8.81 Å². The number of aromatic nitrogens is 4. The molecule has 0 spiro atoms. The zero-order chi connectivity index (χ0) is 18.6. The van der Waals surface area contributed by atoms with Crippen LogP contribution in [0.4, 0.5) is 4.39 Å². The van der Waals surface area contributed by atoms with Gasteiger partial charge in [-0.15, -0.1) is 5.10 Å². The maximum absolute atomic E-state index is 14.7. The molecular formula is C19H23FN6O. The van der Waals surface area contributed by atoms with Crippen molar-refractivity contribution in [3.63, 3.8) is 0 Å². The fraction of sp³-hybridized carbons (Fsp3) is 0.421. The molecule has 27 heavy (non-hydrogen) atoms. The smallest absolute Gasteiger partial charge is 0.173 e. The zero-order valence-electron chi connectivity index (χ0n) is 15.3. The summed E-state index contributed by atoms with van der Waals surface area (Å²) < 4.78 is 21.8. The van der Waals surface area contributed by atoms with Crippen LogP contribution in [0.1, 0.15) is 30.1 Å². The van der Waals surface area contributed by atoms with E-state index in [1.54, 1.807) is 17.0 Å². The van der Waals surface area contributed by atoms with Crippen molar-refractivity contribution >= 4 is 0 Å². The van der Waals surface area contributed by atoms with E-state index in [0.717, 1.165) is 38.5 Å². The van der Waals surface area contributed by atoms with Crippen molar-refractivity contribution in [3.05, 3.63) is 65.6 Å². The molecule has 1 aliphatic rings. The largest absolute Gasteiger partial charge is 0.467 e. The van der Waals surface area contributed by atoms with Crippen LogP contribution in [0.15, 0.2) is 47.1 Å². The van der Waals surface area contributed by atoms with Crippen molar-refractivity contribution in [3.8, 4) is 0 Å². The number of hydrogen-bond acceptors (Lipinski definition) is 6. The summed E-state index contributed by atoms with van der Waals surface area (Å²) >= 11 is 0. The number of nitrogens with zero attached hydrogens (tertiary/aromatic N) is 6. The maximum atomic E-state index is 14.7. The van der Waals surface area contributed by atoms with Crippen LogP contribution >= 0.6 is 0 Å². The van der Waals surface area contributed by atoms with Crippen LogP contribution in [0.3, 0.4) is 0 Å². The molecule has 0 amide bonds. The number of furan rings is 1. The lowest BCUT2D eigenvalue weighted by molar-refractivity contribution is 0.107. The van der Waals surface area contributed by atoms with Crippen LogP contribution in [-0.4, -0.2) is 62.7 Å². The van der Waals surface area contributed by atoms with Gasteiger partial charge in [0.1, 0.15) is 24.2 Å². The van der Waals surface area contributed by atoms with Crippen LogP contribution in [0.2, 0.25) is 0 Å². The molecule has 1 fully saturated rings. The van der Waals surface area contributed by atoms with E-state index in [9.17, 15) is 4.39 Å². The van der Waals surface area contributed by atoms with Gasteiger partial charge in [-0.3, -0.25) is 4.90 Å². The zero-order valence-corrected chi connectivity index (χ0v) is 15.3. The number of benzene rings is 1. The summed E-state index contributed by atoms with van der Waals surface area (Å²) in [5.41, 5.74) is 0.595. The van der Waals surface area contributed by atoms with Gasteiger partial charge in [0.05, 0.1) is 6.26 Å². The molecule has 7 nitrogen and oxygen atoms in total. The number of halogens is 1. The minimum atomic E-state index is -0.338. The van der Waals surface area contributed by atoms with E-state index in [2.05, 4.69) is 32.2 Å². The van der Waals surface area contributed by atoms with Gasteiger partial charge in [0.2, 0.25) is 0 Å². The molecule has 142 valence electrons. The summed E-state index contributed by atoms with van der Waals surface area (Å²) in [7, 11) is 0. The quantitative estimate of drug-likeness (QED) is 0.663. The van der Waals surface area contributed by atoms with Crippen molar-refractivity contribution in [2.24, 2.45) is 0 Å². The van der Waals surface area contributed by atoms with Gasteiger partial charge in [0.15, 0.2) is 5.82 Å². The fourth-order valence-electron chi connectivity index (χ4n) is 3.60. The van der Waals surface area contributed by atoms with E-state index < -0.39 is 0 Å². The Bertz CT molecular complexity index is 857. The third kappa shape index (κ3) is 3.77. The first-order valence-corrected chi connectivity index (χ1v) is 9.25. The number of likely N-dealkylation sites (N-methyl/N-ethyl adjacent to an activating group) is 1. The molecule has 1 atom stereocenters. The Kier molecular flexibility index (Phi) is 5.26. The summed E-state index contributed by atoms with van der Waals surface area (Å²) in [5, 5.41) is 12.3. The van der Waals surface area contributed by atoms with Gasteiger partial charge in [0, 0.05) is 31.7 Å². The number of rotatable bonds is 6. The number of piperazine rings is 1. The first-order chi connectivity index (χ1) is 13.3. The molecule has 0 saturated carbocycles. The monoisotopic (exact) mass is 370 g/mol. The summed E-state index contributed by atoms with van der Waals surface area (Å²) in [6.45, 7) is 7.15. The molecule has 8 heteroatoms. The van der Waals surface area contributed by atoms with E-state index in [4.69, 9.17) is 4.42 Å². The molecule has 3 aromatic rings. The third-order valence-electron chi connectivity index (χ3n) is 5.11. The third-order valence-corrected chi connectivity index (χ3v) is 5.11. The Morgan fingerprint density at radius 1 is 1.11 bits per heavy atom. The maximum Gasteiger partial charge on any atom is 0.173 e. The van der Waals surface area contributed by atoms with Crippen LogP contribution in [0.5, 0.6) is 0 Å². The second kappa shape index (κ2) is 7.98. The highest BCUT2D eigenvalue weighted by molar-refractivity contribution is 5.27. The summed E-state index contributed by atoms with van der Waals surface area (Å²) in [6, 6.07) is 10.2. The summed E-state index contributed by atoms with van der Waals surface area (Å²) in [5.74, 6) is 1.14. The molecular weight excluding hydrogens is 347 g/mol. The van der Waals surface area contributed by atoms with Gasteiger partial charge in [-0.25, -0.2) is 9.07 Å². The average molecular weight is 370 g/mol. The van der Waals surface area contributed by atoms with E-state index in [1.807, 2.05) is 24.3 Å². The van der Waals surface area contributed by atoms with Gasteiger partial charge in [0.25, 0.3) is 0 Å². The molecule has 4 rings (SSSR count). The van der Waals surface area contributed by atoms with Crippen molar-refractivity contribution in [2.75, 3.05) is 32.7 Å². The molecule has 0 aliphatic carbocycles. The SMILES string of the molecule is CCN1CCN([C@H](c2ccccc2F)c2nnnn2Cc2ccco2)CC1. The fourth-order valence-corrected chi connectivity index (χ4v) is 3.60. The Labute approximate surface area is 157 Å². The van der Waals surface area contributed by atoms with Crippen molar-refractivity contribution in [2.45, 2.75) is 19.5 Å². The van der Waals surface area contributed by atoms with Crippen LogP contribution in [-0.2, 0) is 6.54 Å². The van der Waals surface area contributed by atoms with Crippen LogP contribution in [0, 0.1) is 5.82 Å². The highest BCUT2D eigenvalue weighted by Crippen LogP contribution is 2.30. The normalized spacial score (nSPS) is 17.3. The molecule has 0 unspecified atom stereocenters. The minimum absolute atomic E-state index is 0.243. The van der Waals surface area contributed by atoms with E-state index in [1.165, 1.54) is 6.07 Å². The molecule has 0 radical (unpaired) electrons. The molecule has 1 aromatic carbocycles. The van der Waals surface area contributed by atoms with Gasteiger partial charge < -0.3 is 9.32 Å². The highest BCUT2D eigenvalue weighted by Gasteiger charge is 2.32. The predicted octanol–water partition coefficient (Wildman–Crippen LogP) is 2.18. The van der Waals surface area contributed by atoms with Gasteiger partial charge in [-0.2, -0.15) is 0 Å². The van der Waals surface area contributed by atoms with Crippen LogP contribution < -0.4 is 0 Å².